The maximum absolute atomic E-state index is 13.2. The molecule has 0 bridgehead atoms. The number of carbonyl (C=O) groups is 1. The van der Waals surface area contributed by atoms with Crippen LogP contribution in [0.3, 0.4) is 0 Å². The third-order valence-electron chi connectivity index (χ3n) is 5.91. The highest BCUT2D eigenvalue weighted by atomic mass is 32.2. The summed E-state index contributed by atoms with van der Waals surface area (Å²) < 4.78 is 28.0. The number of nitrogens with one attached hydrogen (secondary N) is 1. The highest BCUT2D eigenvalue weighted by Crippen LogP contribution is 2.28. The van der Waals surface area contributed by atoms with E-state index in [9.17, 15) is 13.2 Å². The van der Waals surface area contributed by atoms with Crippen LogP contribution in [-0.2, 0) is 16.6 Å². The maximum Gasteiger partial charge on any atom is 0.270 e. The summed E-state index contributed by atoms with van der Waals surface area (Å²) >= 11 is 0. The van der Waals surface area contributed by atoms with Gasteiger partial charge in [0.25, 0.3) is 5.91 Å². The molecule has 2 unspecified atom stereocenters. The number of hydrogen-bond donors (Lipinski definition) is 1. The van der Waals surface area contributed by atoms with Gasteiger partial charge in [-0.2, -0.15) is 4.31 Å². The monoisotopic (exact) mass is 439 g/mol. The molecule has 0 aliphatic carbocycles. The van der Waals surface area contributed by atoms with Crippen molar-refractivity contribution in [3.63, 3.8) is 0 Å². The quantitative estimate of drug-likeness (QED) is 0.650. The second kappa shape index (κ2) is 8.48. The fourth-order valence-corrected chi connectivity index (χ4v) is 6.19. The Balaban J connectivity index is 1.57. The molecule has 6 nitrogen and oxygen atoms in total. The second-order valence-corrected chi connectivity index (χ2v) is 10.8. The Morgan fingerprint density at radius 1 is 1.06 bits per heavy atom. The Morgan fingerprint density at radius 3 is 2.42 bits per heavy atom. The lowest BCUT2D eigenvalue weighted by molar-refractivity contribution is 0.0780. The fraction of sp³-hybridized carbons (Fsp3) is 0.375. The van der Waals surface area contributed by atoms with Gasteiger partial charge in [0.05, 0.1) is 4.90 Å². The van der Waals surface area contributed by atoms with Crippen molar-refractivity contribution in [3.8, 4) is 0 Å². The topological polar surface area (TPSA) is 73.5 Å². The first-order chi connectivity index (χ1) is 14.7. The Labute approximate surface area is 183 Å². The van der Waals surface area contributed by atoms with Crippen molar-refractivity contribution in [1.29, 1.82) is 0 Å². The van der Waals surface area contributed by atoms with Crippen LogP contribution in [0.1, 0.15) is 36.3 Å². The molecule has 1 aromatic heterocycles. The standard InChI is InChI=1S/C24H29N3O3S/c1-17-11-18(2)15-27(14-17)31(29,30)21-9-10-22-20(12-21)13-23(25-22)24(28)26(3)16-19-7-5-4-6-8-19/h4-10,12-13,17-18,25H,11,14-16H2,1-3H3. The lowest BCUT2D eigenvalue weighted by Gasteiger charge is -2.34. The molecule has 1 saturated heterocycles. The number of sulfonamides is 1. The van der Waals surface area contributed by atoms with Gasteiger partial charge in [-0.25, -0.2) is 8.42 Å². The summed E-state index contributed by atoms with van der Waals surface area (Å²) in [5.41, 5.74) is 2.24. The second-order valence-electron chi connectivity index (χ2n) is 8.85. The van der Waals surface area contributed by atoms with Gasteiger partial charge in [-0.15, -0.1) is 0 Å². The first-order valence-electron chi connectivity index (χ1n) is 10.7. The van der Waals surface area contributed by atoms with Crippen LogP contribution < -0.4 is 0 Å². The van der Waals surface area contributed by atoms with Crippen LogP contribution in [0, 0.1) is 11.8 Å². The van der Waals surface area contributed by atoms with E-state index in [1.54, 1.807) is 40.5 Å². The molecule has 164 valence electrons. The van der Waals surface area contributed by atoms with Crippen LogP contribution in [0.5, 0.6) is 0 Å². The molecule has 31 heavy (non-hydrogen) atoms. The Morgan fingerprint density at radius 2 is 1.74 bits per heavy atom. The molecule has 1 amide bonds. The Kier molecular flexibility index (Phi) is 5.90. The lowest BCUT2D eigenvalue weighted by atomic mass is 9.94. The number of hydrogen-bond acceptors (Lipinski definition) is 3. The smallest absolute Gasteiger partial charge is 0.270 e. The van der Waals surface area contributed by atoms with Gasteiger partial charge >= 0.3 is 0 Å². The molecule has 1 N–H and O–H groups in total. The van der Waals surface area contributed by atoms with E-state index >= 15 is 0 Å². The fourth-order valence-electron chi connectivity index (χ4n) is 4.47. The number of benzene rings is 2. The number of aromatic amines is 1. The zero-order valence-corrected chi connectivity index (χ0v) is 19.0. The normalized spacial score (nSPS) is 20.1. The van der Waals surface area contributed by atoms with Crippen LogP contribution in [0.2, 0.25) is 0 Å². The van der Waals surface area contributed by atoms with Gasteiger partial charge in [-0.05, 0) is 48.1 Å². The Hall–Kier alpha value is -2.64. The lowest BCUT2D eigenvalue weighted by Crippen LogP contribution is -2.42. The van der Waals surface area contributed by atoms with Crippen molar-refractivity contribution in [2.24, 2.45) is 11.8 Å². The van der Waals surface area contributed by atoms with E-state index in [0.29, 0.717) is 37.2 Å². The van der Waals surface area contributed by atoms with Crippen molar-refractivity contribution in [2.45, 2.75) is 31.7 Å². The van der Waals surface area contributed by atoms with E-state index in [-0.39, 0.29) is 10.8 Å². The van der Waals surface area contributed by atoms with Gasteiger partial charge in [0.1, 0.15) is 5.69 Å². The highest BCUT2D eigenvalue weighted by molar-refractivity contribution is 7.89. The average Bonchev–Trinajstić information content (AvgIpc) is 3.16. The molecule has 1 aliphatic rings. The average molecular weight is 440 g/mol. The van der Waals surface area contributed by atoms with Gasteiger partial charge in [0.2, 0.25) is 10.0 Å². The number of amides is 1. The molecule has 3 aromatic rings. The summed E-state index contributed by atoms with van der Waals surface area (Å²) in [6.45, 7) is 5.78. The number of piperidine rings is 1. The number of aromatic nitrogens is 1. The first-order valence-corrected chi connectivity index (χ1v) is 12.1. The van der Waals surface area contributed by atoms with Crippen molar-refractivity contribution < 1.29 is 13.2 Å². The molecule has 4 rings (SSSR count). The summed E-state index contributed by atoms with van der Waals surface area (Å²) in [5.74, 6) is 0.556. The van der Waals surface area contributed by atoms with E-state index in [2.05, 4.69) is 18.8 Å². The third kappa shape index (κ3) is 4.52. The van der Waals surface area contributed by atoms with Crippen LogP contribution in [0.15, 0.2) is 59.5 Å². The van der Waals surface area contributed by atoms with Gasteiger partial charge < -0.3 is 9.88 Å². The molecule has 7 heteroatoms. The van der Waals surface area contributed by atoms with E-state index in [0.717, 1.165) is 22.9 Å². The molecular weight excluding hydrogens is 410 g/mol. The van der Waals surface area contributed by atoms with E-state index in [1.165, 1.54) is 0 Å². The number of rotatable bonds is 5. The predicted molar refractivity (Wildman–Crippen MR) is 122 cm³/mol. The molecule has 0 spiro atoms. The summed E-state index contributed by atoms with van der Waals surface area (Å²) in [6, 6.07) is 16.6. The van der Waals surface area contributed by atoms with Crippen LogP contribution in [0.25, 0.3) is 10.9 Å². The highest BCUT2D eigenvalue weighted by Gasteiger charge is 2.31. The van der Waals surface area contributed by atoms with E-state index in [4.69, 9.17) is 0 Å². The molecule has 2 aromatic carbocycles. The number of fused-ring (bicyclic) bond motifs is 1. The zero-order chi connectivity index (χ0) is 22.2. The summed E-state index contributed by atoms with van der Waals surface area (Å²) in [7, 11) is -1.80. The number of nitrogens with zero attached hydrogens (tertiary/aromatic N) is 2. The van der Waals surface area contributed by atoms with Crippen molar-refractivity contribution in [1.82, 2.24) is 14.2 Å². The molecule has 2 atom stereocenters. The number of carbonyl (C=O) groups excluding carboxylic acids is 1. The number of H-pyrrole nitrogens is 1. The van der Waals surface area contributed by atoms with Crippen molar-refractivity contribution in [2.75, 3.05) is 20.1 Å². The molecule has 0 saturated carbocycles. The summed E-state index contributed by atoms with van der Waals surface area (Å²) in [4.78, 5) is 17.9. The predicted octanol–water partition coefficient (Wildman–Crippen LogP) is 4.11. The van der Waals surface area contributed by atoms with Crippen LogP contribution in [0.4, 0.5) is 0 Å². The van der Waals surface area contributed by atoms with Gasteiger partial charge in [-0.1, -0.05) is 44.2 Å². The Bertz CT molecular complexity index is 1180. The summed E-state index contributed by atoms with van der Waals surface area (Å²) in [5, 5.41) is 0.718. The molecule has 0 radical (unpaired) electrons. The minimum atomic E-state index is -3.56. The minimum absolute atomic E-state index is 0.136. The third-order valence-corrected chi connectivity index (χ3v) is 7.73. The zero-order valence-electron chi connectivity index (χ0n) is 18.2. The van der Waals surface area contributed by atoms with Gasteiger partial charge in [0.15, 0.2) is 0 Å². The van der Waals surface area contributed by atoms with Crippen molar-refractivity contribution >= 4 is 26.8 Å². The van der Waals surface area contributed by atoms with Crippen LogP contribution >= 0.6 is 0 Å². The minimum Gasteiger partial charge on any atom is -0.351 e. The molecule has 1 aliphatic heterocycles. The van der Waals surface area contributed by atoms with Crippen molar-refractivity contribution in [3.05, 3.63) is 65.9 Å². The maximum atomic E-state index is 13.2. The van der Waals surface area contributed by atoms with Crippen LogP contribution in [-0.4, -0.2) is 48.7 Å². The first kappa shape index (κ1) is 21.6. The van der Waals surface area contributed by atoms with E-state index < -0.39 is 10.0 Å². The van der Waals surface area contributed by atoms with Gasteiger partial charge in [-0.3, -0.25) is 4.79 Å². The van der Waals surface area contributed by atoms with Gasteiger partial charge in [0, 0.05) is 37.6 Å². The molecular formula is C24H29N3O3S. The molecule has 1 fully saturated rings. The van der Waals surface area contributed by atoms with E-state index in [1.807, 2.05) is 30.3 Å². The SMILES string of the molecule is CC1CC(C)CN(S(=O)(=O)c2ccc3[nH]c(C(=O)N(C)Cc4ccccc4)cc3c2)C1. The molecule has 2 heterocycles. The largest absolute Gasteiger partial charge is 0.351 e. The summed E-state index contributed by atoms with van der Waals surface area (Å²) in [6.07, 6.45) is 1.05.